The van der Waals surface area contributed by atoms with Gasteiger partial charge in [-0.2, -0.15) is 23.1 Å². The average Bonchev–Trinajstić information content (AvgIpc) is 3.39. The third-order valence-corrected chi connectivity index (χ3v) is 9.83. The average molecular weight is 690 g/mol. The molecule has 48 heavy (non-hydrogen) atoms. The van der Waals surface area contributed by atoms with Gasteiger partial charge in [-0.05, 0) is 66.5 Å². The van der Waals surface area contributed by atoms with Crippen molar-refractivity contribution in [3.63, 3.8) is 0 Å². The summed E-state index contributed by atoms with van der Waals surface area (Å²) in [5, 5.41) is 19.1. The van der Waals surface area contributed by atoms with Gasteiger partial charge in [0.15, 0.2) is 9.84 Å². The van der Waals surface area contributed by atoms with E-state index in [1.807, 2.05) is 0 Å². The molecule has 4 N–H and O–H groups in total. The van der Waals surface area contributed by atoms with Crippen molar-refractivity contribution in [3.05, 3.63) is 65.7 Å². The third-order valence-electron chi connectivity index (χ3n) is 8.72. The van der Waals surface area contributed by atoms with Crippen LogP contribution in [0.4, 0.5) is 29.7 Å². The van der Waals surface area contributed by atoms with Crippen molar-refractivity contribution in [2.24, 2.45) is 5.41 Å². The van der Waals surface area contributed by atoms with Crippen LogP contribution in [0.5, 0.6) is 5.88 Å². The number of nitrogen functional groups attached to an aromatic ring is 1. The normalized spacial score (nSPS) is 18.7. The van der Waals surface area contributed by atoms with Crippen LogP contribution in [0, 0.1) is 5.41 Å². The Labute approximate surface area is 274 Å². The smallest absolute Gasteiger partial charge is 0.429 e. The van der Waals surface area contributed by atoms with Gasteiger partial charge in [0.25, 0.3) is 0 Å². The Hall–Kier alpha value is -4.86. The van der Waals surface area contributed by atoms with Crippen LogP contribution in [-0.4, -0.2) is 83.7 Å². The fourth-order valence-electron chi connectivity index (χ4n) is 6.37. The van der Waals surface area contributed by atoms with Crippen LogP contribution in [0.25, 0.3) is 17.2 Å². The second-order valence-electron chi connectivity index (χ2n) is 12.1. The van der Waals surface area contributed by atoms with E-state index in [-0.39, 0.29) is 46.3 Å². The summed E-state index contributed by atoms with van der Waals surface area (Å²) in [6, 6.07) is 10.0. The number of aliphatic carboxylic acids is 1. The molecule has 3 heterocycles. The number of allylic oxidation sites excluding steroid dienone is 1. The maximum absolute atomic E-state index is 14.8. The standard InChI is InChI=1S/C32H34F3N5O7S/c1-3-5-19-8-9-22(23(14-19)20-6-4-7-21(15-20)48(2,45)46)27(32(33,34)35)47-26-16-25(37-29(36)38-26)39-12-10-31(11-13-39)17-24(28(41)42)40(18-31)30(43)44/h3-9,14-16,24,27H,10-13,17-18H2,1-2H3,(H,41,42)(H,43,44)(H2,36,37,38)/b5-3+/t24-,27+/m0/s1. The van der Waals surface area contributed by atoms with Gasteiger partial charge >= 0.3 is 18.2 Å². The lowest BCUT2D eigenvalue weighted by molar-refractivity contribution is -0.198. The van der Waals surface area contributed by atoms with Gasteiger partial charge < -0.3 is 25.6 Å². The van der Waals surface area contributed by atoms with Gasteiger partial charge in [0.2, 0.25) is 17.9 Å². The Morgan fingerprint density at radius 2 is 1.81 bits per heavy atom. The first kappa shape index (κ1) is 34.5. The Morgan fingerprint density at radius 1 is 1.10 bits per heavy atom. The van der Waals surface area contributed by atoms with Gasteiger partial charge in [0.05, 0.1) is 4.90 Å². The summed E-state index contributed by atoms with van der Waals surface area (Å²) in [6.45, 7) is 2.43. The number of anilines is 2. The minimum Gasteiger partial charge on any atom is -0.480 e. The molecule has 0 bridgehead atoms. The minimum absolute atomic E-state index is 0.0585. The van der Waals surface area contributed by atoms with E-state index < -0.39 is 51.5 Å². The first-order valence-electron chi connectivity index (χ1n) is 14.9. The molecule has 2 aliphatic rings. The number of alkyl halides is 3. The Kier molecular flexibility index (Phi) is 9.32. The molecule has 0 radical (unpaired) electrons. The number of piperidine rings is 1. The number of halogens is 3. The number of carbonyl (C=O) groups is 2. The highest BCUT2D eigenvalue weighted by Gasteiger charge is 2.50. The molecule has 16 heteroatoms. The molecule has 256 valence electrons. The van der Waals surface area contributed by atoms with E-state index in [0.717, 1.165) is 11.2 Å². The molecular weight excluding hydrogens is 655 g/mol. The molecule has 3 aromatic rings. The number of amides is 1. The number of carboxylic acid groups (broad SMARTS) is 2. The largest absolute Gasteiger partial charge is 0.480 e. The summed E-state index contributed by atoms with van der Waals surface area (Å²) < 4.78 is 74.5. The van der Waals surface area contributed by atoms with E-state index in [9.17, 15) is 41.4 Å². The molecule has 12 nitrogen and oxygen atoms in total. The van der Waals surface area contributed by atoms with Crippen LogP contribution in [-0.2, 0) is 14.6 Å². The van der Waals surface area contributed by atoms with Crippen molar-refractivity contribution in [3.8, 4) is 17.0 Å². The maximum atomic E-state index is 14.8. The number of carboxylic acids is 1. The number of likely N-dealkylation sites (tertiary alicyclic amines) is 1. The van der Waals surface area contributed by atoms with Crippen molar-refractivity contribution in [2.45, 2.75) is 49.4 Å². The number of benzene rings is 2. The maximum Gasteiger partial charge on any atom is 0.429 e. The SMILES string of the molecule is C/C=C/c1ccc([C@@H](Oc2cc(N3CCC4(CC3)C[C@@H](C(=O)O)N(C(=O)O)C4)nc(N)n2)C(F)(F)F)c(-c2cccc(S(C)(=O)=O)c2)c1. The number of hydrogen-bond acceptors (Lipinski definition) is 9. The number of rotatable bonds is 8. The fourth-order valence-corrected chi connectivity index (χ4v) is 7.04. The molecule has 1 amide bonds. The first-order valence-corrected chi connectivity index (χ1v) is 16.8. The molecule has 1 aromatic heterocycles. The van der Waals surface area contributed by atoms with Crippen molar-refractivity contribution in [1.29, 1.82) is 0 Å². The molecule has 1 spiro atoms. The van der Waals surface area contributed by atoms with E-state index in [1.54, 1.807) is 24.0 Å². The summed E-state index contributed by atoms with van der Waals surface area (Å²) >= 11 is 0. The van der Waals surface area contributed by atoms with Crippen LogP contribution in [0.2, 0.25) is 0 Å². The lowest BCUT2D eigenvalue weighted by Gasteiger charge is -2.39. The van der Waals surface area contributed by atoms with Crippen molar-refractivity contribution >= 4 is 39.7 Å². The molecule has 0 aliphatic carbocycles. The molecule has 2 atom stereocenters. The van der Waals surface area contributed by atoms with Gasteiger partial charge in [0, 0.05) is 37.5 Å². The lowest BCUT2D eigenvalue weighted by Crippen LogP contribution is -2.43. The Morgan fingerprint density at radius 3 is 2.40 bits per heavy atom. The predicted molar refractivity (Wildman–Crippen MR) is 170 cm³/mol. The summed E-state index contributed by atoms with van der Waals surface area (Å²) in [5.41, 5.74) is 6.01. The number of ether oxygens (including phenoxy) is 1. The quantitative estimate of drug-likeness (QED) is 0.281. The molecular formula is C32H34F3N5O7S. The van der Waals surface area contributed by atoms with Crippen molar-refractivity contribution in [2.75, 3.05) is 36.5 Å². The fraction of sp³-hybridized carbons (Fsp3) is 0.375. The highest BCUT2D eigenvalue weighted by Crippen LogP contribution is 2.45. The van der Waals surface area contributed by atoms with Gasteiger partial charge in [-0.1, -0.05) is 36.4 Å². The molecule has 2 saturated heterocycles. The Balaban J connectivity index is 1.46. The Bertz CT molecular complexity index is 1840. The van der Waals surface area contributed by atoms with E-state index in [1.165, 1.54) is 48.5 Å². The zero-order valence-corrected chi connectivity index (χ0v) is 26.8. The highest BCUT2D eigenvalue weighted by molar-refractivity contribution is 7.90. The zero-order chi connectivity index (χ0) is 35.0. The topological polar surface area (TPSA) is 176 Å². The number of nitrogens with zero attached hydrogens (tertiary/aromatic N) is 4. The second kappa shape index (κ2) is 13.0. The van der Waals surface area contributed by atoms with Gasteiger partial charge in [0.1, 0.15) is 11.9 Å². The van der Waals surface area contributed by atoms with Crippen molar-refractivity contribution in [1.82, 2.24) is 14.9 Å². The first-order chi connectivity index (χ1) is 22.5. The van der Waals surface area contributed by atoms with Gasteiger partial charge in [-0.3, -0.25) is 4.90 Å². The number of hydrogen-bond donors (Lipinski definition) is 3. The number of sulfone groups is 1. The van der Waals surface area contributed by atoms with Gasteiger partial charge in [-0.15, -0.1) is 0 Å². The van der Waals surface area contributed by atoms with Gasteiger partial charge in [-0.25, -0.2) is 18.0 Å². The van der Waals surface area contributed by atoms with Crippen LogP contribution in [0.1, 0.15) is 43.4 Å². The number of aromatic nitrogens is 2. The highest BCUT2D eigenvalue weighted by atomic mass is 32.2. The zero-order valence-electron chi connectivity index (χ0n) is 26.0. The summed E-state index contributed by atoms with van der Waals surface area (Å²) in [4.78, 5) is 34.1. The summed E-state index contributed by atoms with van der Waals surface area (Å²) in [5.74, 6) is -1.81. The van der Waals surface area contributed by atoms with Crippen LogP contribution < -0.4 is 15.4 Å². The summed E-state index contributed by atoms with van der Waals surface area (Å²) in [7, 11) is -3.66. The minimum atomic E-state index is -4.94. The van der Waals surface area contributed by atoms with E-state index in [0.29, 0.717) is 31.5 Å². The second-order valence-corrected chi connectivity index (χ2v) is 14.1. The molecule has 2 aromatic carbocycles. The predicted octanol–water partition coefficient (Wildman–Crippen LogP) is 5.27. The van der Waals surface area contributed by atoms with E-state index in [4.69, 9.17) is 10.5 Å². The molecule has 2 fully saturated rings. The lowest BCUT2D eigenvalue weighted by atomic mass is 9.76. The molecule has 0 saturated carbocycles. The molecule has 0 unspecified atom stereocenters. The van der Waals surface area contributed by atoms with Crippen LogP contribution in [0.3, 0.4) is 0 Å². The van der Waals surface area contributed by atoms with Crippen molar-refractivity contribution < 1.29 is 46.1 Å². The van der Waals surface area contributed by atoms with E-state index in [2.05, 4.69) is 9.97 Å². The van der Waals surface area contributed by atoms with Crippen LogP contribution >= 0.6 is 0 Å². The van der Waals surface area contributed by atoms with E-state index >= 15 is 0 Å². The monoisotopic (exact) mass is 689 g/mol. The molecule has 5 rings (SSSR count). The molecule has 2 aliphatic heterocycles. The van der Waals surface area contributed by atoms with Crippen LogP contribution in [0.15, 0.2) is 59.5 Å². The number of nitrogens with two attached hydrogens (primary N) is 1. The summed E-state index contributed by atoms with van der Waals surface area (Å²) in [6.07, 6.45) is -3.38. The third kappa shape index (κ3) is 7.32.